The molecular weight excluding hydrogens is 260 g/mol. The monoisotopic (exact) mass is 274 g/mol. The van der Waals surface area contributed by atoms with Crippen molar-refractivity contribution in [3.8, 4) is 24.3 Å². The molecule has 8 nitrogen and oxygen atoms in total. The highest BCUT2D eigenvalue weighted by Crippen LogP contribution is 2.30. The first kappa shape index (κ1) is 17.5. The maximum Gasteiger partial charge on any atom is 0.265 e. The summed E-state index contributed by atoms with van der Waals surface area (Å²) in [6.45, 7) is 5.15. The molecule has 104 valence electrons. The molecule has 0 bridgehead atoms. The van der Waals surface area contributed by atoms with E-state index in [1.165, 1.54) is 52.0 Å². The lowest BCUT2D eigenvalue weighted by molar-refractivity contribution is 0.0635. The fourth-order valence-corrected chi connectivity index (χ4v) is 0.992. The van der Waals surface area contributed by atoms with E-state index in [4.69, 9.17) is 21.0 Å². The van der Waals surface area contributed by atoms with Gasteiger partial charge in [-0.05, 0) is 27.7 Å². The summed E-state index contributed by atoms with van der Waals surface area (Å²) < 4.78 is 0. The molecule has 0 fully saturated rings. The van der Waals surface area contributed by atoms with Gasteiger partial charge in [0.1, 0.15) is 35.4 Å². The molecule has 0 heterocycles. The van der Waals surface area contributed by atoms with E-state index in [2.05, 4.69) is 10.2 Å². The Labute approximate surface area is 116 Å². The maximum atomic E-state index is 9.80. The van der Waals surface area contributed by atoms with Crippen molar-refractivity contribution >= 4 is 0 Å². The zero-order chi connectivity index (χ0) is 16.2. The number of azo groups is 1. The molecule has 0 atom stereocenters. The quantitative estimate of drug-likeness (QED) is 0.562. The molecule has 0 aromatic rings. The van der Waals surface area contributed by atoms with Crippen LogP contribution in [0.4, 0.5) is 0 Å². The van der Waals surface area contributed by atoms with Gasteiger partial charge in [0, 0.05) is 0 Å². The van der Waals surface area contributed by atoms with E-state index in [0.717, 1.165) is 0 Å². The van der Waals surface area contributed by atoms with E-state index in [-0.39, 0.29) is 0 Å². The molecule has 0 unspecified atom stereocenters. The Bertz CT molecular complexity index is 499. The Morgan fingerprint density at radius 1 is 0.650 bits per heavy atom. The first-order valence-corrected chi connectivity index (χ1v) is 5.49. The topological polar surface area (TPSA) is 160 Å². The van der Waals surface area contributed by atoms with Crippen molar-refractivity contribution in [1.29, 1.82) is 21.0 Å². The zero-order valence-electron chi connectivity index (χ0n) is 11.6. The lowest BCUT2D eigenvalue weighted by atomic mass is 9.84. The SMILES string of the molecule is CC(C)(N=NC(C)(C)C(O)(C#N)C#N)C(O)(C#N)C#N. The van der Waals surface area contributed by atoms with E-state index in [0.29, 0.717) is 0 Å². The molecule has 0 aliphatic heterocycles. The number of nitriles is 4. The highest BCUT2D eigenvalue weighted by atomic mass is 16.3. The first-order chi connectivity index (χ1) is 8.95. The van der Waals surface area contributed by atoms with E-state index in [1.807, 2.05) is 0 Å². The second-order valence-electron chi connectivity index (χ2n) is 5.19. The molecule has 0 amide bonds. The Morgan fingerprint density at radius 2 is 0.850 bits per heavy atom. The van der Waals surface area contributed by atoms with E-state index >= 15 is 0 Å². The molecule has 0 radical (unpaired) electrons. The molecule has 0 aromatic carbocycles. The lowest BCUT2D eigenvalue weighted by Crippen LogP contribution is -2.49. The van der Waals surface area contributed by atoms with Crippen LogP contribution in [-0.2, 0) is 0 Å². The van der Waals surface area contributed by atoms with Crippen LogP contribution in [0.2, 0.25) is 0 Å². The molecule has 2 N–H and O–H groups in total. The standard InChI is InChI=1S/C12H14N6O2/c1-9(2,11(19,5-13)6-14)17-18-10(3,4)12(20,7-15)8-16/h19-20H,1-4H3. The average Bonchev–Trinajstić information content (AvgIpc) is 2.43. The molecule has 0 spiro atoms. The minimum Gasteiger partial charge on any atom is -0.362 e. The van der Waals surface area contributed by atoms with Crippen molar-refractivity contribution in [2.45, 2.75) is 50.0 Å². The lowest BCUT2D eigenvalue weighted by Gasteiger charge is -2.30. The normalized spacial score (nSPS) is 13.1. The number of rotatable bonds is 4. The fraction of sp³-hybridized carbons (Fsp3) is 0.667. The van der Waals surface area contributed by atoms with Gasteiger partial charge in [-0.1, -0.05) is 0 Å². The van der Waals surface area contributed by atoms with Crippen LogP contribution in [0.25, 0.3) is 0 Å². The van der Waals surface area contributed by atoms with E-state index in [1.54, 1.807) is 0 Å². The molecule has 0 aliphatic rings. The molecule has 8 heteroatoms. The van der Waals surface area contributed by atoms with Crippen LogP contribution >= 0.6 is 0 Å². The van der Waals surface area contributed by atoms with Gasteiger partial charge in [-0.3, -0.25) is 0 Å². The van der Waals surface area contributed by atoms with Crippen molar-refractivity contribution < 1.29 is 10.2 Å². The summed E-state index contributed by atoms with van der Waals surface area (Å²) in [5, 5.41) is 62.2. The Balaban J connectivity index is 5.68. The predicted molar refractivity (Wildman–Crippen MR) is 65.4 cm³/mol. The molecule has 0 saturated carbocycles. The van der Waals surface area contributed by atoms with Gasteiger partial charge in [0.25, 0.3) is 11.2 Å². The highest BCUT2D eigenvalue weighted by Gasteiger charge is 2.49. The summed E-state index contributed by atoms with van der Waals surface area (Å²) >= 11 is 0. The molecule has 0 saturated heterocycles. The van der Waals surface area contributed by atoms with Crippen LogP contribution in [0.5, 0.6) is 0 Å². The molecule has 20 heavy (non-hydrogen) atoms. The van der Waals surface area contributed by atoms with Gasteiger partial charge < -0.3 is 10.2 Å². The minimum absolute atomic E-state index is 1.29. The van der Waals surface area contributed by atoms with Crippen molar-refractivity contribution in [2.24, 2.45) is 10.2 Å². The molecular formula is C12H14N6O2. The van der Waals surface area contributed by atoms with E-state index < -0.39 is 22.3 Å². The van der Waals surface area contributed by atoms with Crippen LogP contribution in [-0.4, -0.2) is 32.5 Å². The van der Waals surface area contributed by atoms with Crippen LogP contribution in [0, 0.1) is 45.3 Å². The van der Waals surface area contributed by atoms with Gasteiger partial charge >= 0.3 is 0 Å². The van der Waals surface area contributed by atoms with Gasteiger partial charge in [-0.2, -0.15) is 31.3 Å². The third-order valence-corrected chi connectivity index (χ3v) is 2.97. The fourth-order valence-electron chi connectivity index (χ4n) is 0.992. The average molecular weight is 274 g/mol. The van der Waals surface area contributed by atoms with Gasteiger partial charge in [-0.25, -0.2) is 0 Å². The second-order valence-corrected chi connectivity index (χ2v) is 5.19. The number of aliphatic hydroxyl groups is 2. The summed E-state index contributed by atoms with van der Waals surface area (Å²) in [5.74, 6) is 0. The zero-order valence-corrected chi connectivity index (χ0v) is 11.6. The molecule has 0 aromatic heterocycles. The highest BCUT2D eigenvalue weighted by molar-refractivity contribution is 5.27. The largest absolute Gasteiger partial charge is 0.362 e. The van der Waals surface area contributed by atoms with Crippen LogP contribution < -0.4 is 0 Å². The van der Waals surface area contributed by atoms with Crippen molar-refractivity contribution in [3.05, 3.63) is 0 Å². The minimum atomic E-state index is -2.43. The predicted octanol–water partition coefficient (Wildman–Crippen LogP) is 0.552. The number of nitrogens with zero attached hydrogens (tertiary/aromatic N) is 6. The van der Waals surface area contributed by atoms with Crippen LogP contribution in [0.1, 0.15) is 27.7 Å². The van der Waals surface area contributed by atoms with Crippen LogP contribution in [0.3, 0.4) is 0 Å². The van der Waals surface area contributed by atoms with Gasteiger partial charge in [0.05, 0.1) is 0 Å². The maximum absolute atomic E-state index is 9.80. The van der Waals surface area contributed by atoms with E-state index in [9.17, 15) is 10.2 Å². The molecule has 0 aliphatic carbocycles. The number of hydrogen-bond acceptors (Lipinski definition) is 8. The van der Waals surface area contributed by atoms with Gasteiger partial charge in [0.15, 0.2) is 0 Å². The smallest absolute Gasteiger partial charge is 0.265 e. The van der Waals surface area contributed by atoms with Crippen molar-refractivity contribution in [2.75, 3.05) is 0 Å². The number of hydrogen-bond donors (Lipinski definition) is 2. The van der Waals surface area contributed by atoms with Crippen molar-refractivity contribution in [1.82, 2.24) is 0 Å². The van der Waals surface area contributed by atoms with Gasteiger partial charge in [0.2, 0.25) is 0 Å². The molecule has 0 rings (SSSR count). The third-order valence-electron chi connectivity index (χ3n) is 2.97. The first-order valence-electron chi connectivity index (χ1n) is 5.49. The Hall–Kier alpha value is -2.52. The Morgan fingerprint density at radius 3 is 1.00 bits per heavy atom. The van der Waals surface area contributed by atoms with Crippen molar-refractivity contribution in [3.63, 3.8) is 0 Å². The third kappa shape index (κ3) is 2.73. The summed E-state index contributed by atoms with van der Waals surface area (Å²) in [4.78, 5) is 0. The second kappa shape index (κ2) is 5.23. The summed E-state index contributed by atoms with van der Waals surface area (Å²) in [6, 6.07) is 5.68. The Kier molecular flexibility index (Phi) is 4.57. The van der Waals surface area contributed by atoms with Gasteiger partial charge in [-0.15, -0.1) is 0 Å². The summed E-state index contributed by atoms with van der Waals surface area (Å²) in [5.41, 5.74) is -8.08. The van der Waals surface area contributed by atoms with Crippen LogP contribution in [0.15, 0.2) is 10.2 Å². The summed E-state index contributed by atoms with van der Waals surface area (Å²) in [6.07, 6.45) is 0. The summed E-state index contributed by atoms with van der Waals surface area (Å²) in [7, 11) is 0.